The van der Waals surface area contributed by atoms with Crippen LogP contribution in [0.3, 0.4) is 0 Å². The SMILES string of the molecule is CC(C)CN(C(=O)c1nc(N)n[nH]1)C1CCCC1. The standard InChI is InChI=1S/C12H21N5O/c1-8(2)7-17(9-5-3-4-6-9)11(18)10-14-12(13)16-15-10/h8-9H,3-7H2,1-2H3,(H3,13,14,15,16). The van der Waals surface area contributed by atoms with Crippen molar-refractivity contribution in [1.29, 1.82) is 0 Å². The molecule has 1 aliphatic rings. The summed E-state index contributed by atoms with van der Waals surface area (Å²) in [6.45, 7) is 4.98. The first-order valence-corrected chi connectivity index (χ1v) is 6.56. The predicted molar refractivity (Wildman–Crippen MR) is 68.9 cm³/mol. The quantitative estimate of drug-likeness (QED) is 0.847. The van der Waals surface area contributed by atoms with Crippen LogP contribution in [-0.4, -0.2) is 38.6 Å². The van der Waals surface area contributed by atoms with Crippen LogP contribution in [0.4, 0.5) is 5.95 Å². The van der Waals surface area contributed by atoms with Crippen molar-refractivity contribution in [2.24, 2.45) is 5.92 Å². The molecule has 1 aromatic heterocycles. The molecule has 2 rings (SSSR count). The molecule has 1 saturated carbocycles. The molecule has 0 unspecified atom stereocenters. The van der Waals surface area contributed by atoms with E-state index in [0.717, 1.165) is 19.4 Å². The Labute approximate surface area is 107 Å². The van der Waals surface area contributed by atoms with Gasteiger partial charge in [0, 0.05) is 12.6 Å². The van der Waals surface area contributed by atoms with Crippen LogP contribution in [0.1, 0.15) is 50.1 Å². The molecule has 0 bridgehead atoms. The van der Waals surface area contributed by atoms with Crippen LogP contribution >= 0.6 is 0 Å². The van der Waals surface area contributed by atoms with Crippen molar-refractivity contribution in [3.63, 3.8) is 0 Å². The predicted octanol–water partition coefficient (Wildman–Crippen LogP) is 1.43. The zero-order chi connectivity index (χ0) is 13.1. The highest BCUT2D eigenvalue weighted by atomic mass is 16.2. The zero-order valence-corrected chi connectivity index (χ0v) is 11.0. The van der Waals surface area contributed by atoms with Gasteiger partial charge in [0.25, 0.3) is 5.91 Å². The maximum absolute atomic E-state index is 12.4. The Hall–Kier alpha value is -1.59. The highest BCUT2D eigenvalue weighted by molar-refractivity contribution is 5.91. The van der Waals surface area contributed by atoms with Gasteiger partial charge < -0.3 is 10.6 Å². The van der Waals surface area contributed by atoms with Crippen molar-refractivity contribution in [3.8, 4) is 0 Å². The molecule has 18 heavy (non-hydrogen) atoms. The smallest absolute Gasteiger partial charge is 0.291 e. The third-order valence-corrected chi connectivity index (χ3v) is 3.29. The number of anilines is 1. The fourth-order valence-electron chi connectivity index (χ4n) is 2.51. The van der Waals surface area contributed by atoms with Gasteiger partial charge in [-0.15, -0.1) is 5.10 Å². The Morgan fingerprint density at radius 3 is 2.67 bits per heavy atom. The Bertz CT molecular complexity index is 408. The molecule has 6 heteroatoms. The Balaban J connectivity index is 2.14. The number of rotatable bonds is 4. The molecule has 0 saturated heterocycles. The number of nitrogens with zero attached hydrogens (tertiary/aromatic N) is 3. The van der Waals surface area contributed by atoms with E-state index < -0.39 is 0 Å². The first-order valence-electron chi connectivity index (χ1n) is 6.56. The minimum atomic E-state index is -0.0835. The fraction of sp³-hybridized carbons (Fsp3) is 0.750. The van der Waals surface area contributed by atoms with Crippen molar-refractivity contribution in [3.05, 3.63) is 5.82 Å². The zero-order valence-electron chi connectivity index (χ0n) is 11.0. The number of carbonyl (C=O) groups excluding carboxylic acids is 1. The van der Waals surface area contributed by atoms with Crippen molar-refractivity contribution in [1.82, 2.24) is 20.1 Å². The van der Waals surface area contributed by atoms with Crippen LogP contribution in [0.5, 0.6) is 0 Å². The van der Waals surface area contributed by atoms with Crippen molar-refractivity contribution in [2.45, 2.75) is 45.6 Å². The van der Waals surface area contributed by atoms with E-state index in [4.69, 9.17) is 5.73 Å². The van der Waals surface area contributed by atoms with E-state index in [1.807, 2.05) is 4.90 Å². The molecule has 6 nitrogen and oxygen atoms in total. The Morgan fingerprint density at radius 2 is 2.17 bits per heavy atom. The number of nitrogen functional groups attached to an aromatic ring is 1. The Morgan fingerprint density at radius 1 is 1.50 bits per heavy atom. The molecule has 0 atom stereocenters. The summed E-state index contributed by atoms with van der Waals surface area (Å²) in [6, 6.07) is 0.339. The second-order valence-electron chi connectivity index (χ2n) is 5.33. The van der Waals surface area contributed by atoms with E-state index in [2.05, 4.69) is 29.0 Å². The molecule has 100 valence electrons. The molecule has 0 aliphatic heterocycles. The van der Waals surface area contributed by atoms with E-state index in [1.54, 1.807) is 0 Å². The molecule has 0 radical (unpaired) electrons. The van der Waals surface area contributed by atoms with Gasteiger partial charge in [0.05, 0.1) is 0 Å². The monoisotopic (exact) mass is 251 g/mol. The largest absolute Gasteiger partial charge is 0.366 e. The number of carbonyl (C=O) groups is 1. The number of H-pyrrole nitrogens is 1. The highest BCUT2D eigenvalue weighted by Crippen LogP contribution is 2.25. The van der Waals surface area contributed by atoms with E-state index in [9.17, 15) is 4.79 Å². The van der Waals surface area contributed by atoms with E-state index in [1.165, 1.54) is 12.8 Å². The third-order valence-electron chi connectivity index (χ3n) is 3.29. The van der Waals surface area contributed by atoms with Gasteiger partial charge >= 0.3 is 0 Å². The summed E-state index contributed by atoms with van der Waals surface area (Å²) in [4.78, 5) is 18.3. The minimum Gasteiger partial charge on any atom is -0.366 e. The highest BCUT2D eigenvalue weighted by Gasteiger charge is 2.29. The maximum atomic E-state index is 12.4. The van der Waals surface area contributed by atoms with Crippen molar-refractivity contribution < 1.29 is 4.79 Å². The topological polar surface area (TPSA) is 87.9 Å². The molecule has 1 aromatic rings. The van der Waals surface area contributed by atoms with Crippen LogP contribution < -0.4 is 5.73 Å². The van der Waals surface area contributed by atoms with Gasteiger partial charge in [0.15, 0.2) is 0 Å². The number of nitrogens with one attached hydrogen (secondary N) is 1. The van der Waals surface area contributed by atoms with Gasteiger partial charge in [-0.05, 0) is 18.8 Å². The van der Waals surface area contributed by atoms with Crippen molar-refractivity contribution in [2.75, 3.05) is 12.3 Å². The first-order chi connectivity index (χ1) is 8.58. The molecular weight excluding hydrogens is 230 g/mol. The number of amides is 1. The van der Waals surface area contributed by atoms with Gasteiger partial charge in [-0.2, -0.15) is 4.98 Å². The molecular formula is C12H21N5O. The average Bonchev–Trinajstić information content (AvgIpc) is 2.95. The summed E-state index contributed by atoms with van der Waals surface area (Å²) in [7, 11) is 0. The number of aromatic amines is 1. The number of hydrogen-bond donors (Lipinski definition) is 2. The van der Waals surface area contributed by atoms with Crippen LogP contribution in [0, 0.1) is 5.92 Å². The second kappa shape index (κ2) is 5.37. The molecule has 1 amide bonds. The van der Waals surface area contributed by atoms with Crippen molar-refractivity contribution >= 4 is 11.9 Å². The molecule has 0 spiro atoms. The lowest BCUT2D eigenvalue weighted by Gasteiger charge is -2.29. The lowest BCUT2D eigenvalue weighted by atomic mass is 10.1. The Kier molecular flexibility index (Phi) is 3.84. The normalized spacial score (nSPS) is 16.4. The summed E-state index contributed by atoms with van der Waals surface area (Å²) in [5.41, 5.74) is 5.45. The van der Waals surface area contributed by atoms with Gasteiger partial charge in [-0.3, -0.25) is 9.89 Å². The van der Waals surface area contributed by atoms with Crippen LogP contribution in [0.25, 0.3) is 0 Å². The summed E-state index contributed by atoms with van der Waals surface area (Å²) in [5, 5.41) is 6.33. The summed E-state index contributed by atoms with van der Waals surface area (Å²) in [5.74, 6) is 0.726. The lowest BCUT2D eigenvalue weighted by Crippen LogP contribution is -2.41. The molecule has 1 heterocycles. The second-order valence-corrected chi connectivity index (χ2v) is 5.33. The fourth-order valence-corrected chi connectivity index (χ4v) is 2.51. The minimum absolute atomic E-state index is 0.0835. The van der Waals surface area contributed by atoms with E-state index in [-0.39, 0.29) is 17.7 Å². The van der Waals surface area contributed by atoms with Crippen LogP contribution in [0.2, 0.25) is 0 Å². The van der Waals surface area contributed by atoms with Crippen LogP contribution in [-0.2, 0) is 0 Å². The van der Waals surface area contributed by atoms with E-state index in [0.29, 0.717) is 12.0 Å². The number of aromatic nitrogens is 3. The van der Waals surface area contributed by atoms with Crippen LogP contribution in [0.15, 0.2) is 0 Å². The molecule has 1 fully saturated rings. The van der Waals surface area contributed by atoms with E-state index >= 15 is 0 Å². The van der Waals surface area contributed by atoms with Gasteiger partial charge in [-0.1, -0.05) is 26.7 Å². The summed E-state index contributed by atoms with van der Waals surface area (Å²) >= 11 is 0. The summed E-state index contributed by atoms with van der Waals surface area (Å²) in [6.07, 6.45) is 4.57. The average molecular weight is 251 g/mol. The number of nitrogens with two attached hydrogens (primary N) is 1. The third kappa shape index (κ3) is 2.80. The first kappa shape index (κ1) is 12.9. The summed E-state index contributed by atoms with van der Waals surface area (Å²) < 4.78 is 0. The van der Waals surface area contributed by atoms with Gasteiger partial charge in [-0.25, -0.2) is 0 Å². The maximum Gasteiger partial charge on any atom is 0.291 e. The van der Waals surface area contributed by atoms with Gasteiger partial charge in [0.1, 0.15) is 0 Å². The van der Waals surface area contributed by atoms with Gasteiger partial charge in [0.2, 0.25) is 11.8 Å². The molecule has 0 aromatic carbocycles. The number of hydrogen-bond acceptors (Lipinski definition) is 4. The lowest BCUT2D eigenvalue weighted by molar-refractivity contribution is 0.0643. The molecule has 3 N–H and O–H groups in total. The molecule has 1 aliphatic carbocycles.